The highest BCUT2D eigenvalue weighted by Gasteiger charge is 2.39. The number of hydrogen-bond donors (Lipinski definition) is 1. The molecule has 1 N–H and O–H groups in total. The van der Waals surface area contributed by atoms with Crippen molar-refractivity contribution >= 4 is 5.91 Å². The van der Waals surface area contributed by atoms with Crippen molar-refractivity contribution in [3.8, 4) is 0 Å². The normalized spacial score (nSPS) is 36.5. The second-order valence-corrected chi connectivity index (χ2v) is 7.52. The number of hydrogen-bond acceptors (Lipinski definition) is 2. The summed E-state index contributed by atoms with van der Waals surface area (Å²) in [7, 11) is 0. The molecule has 1 aliphatic carbocycles. The Labute approximate surface area is 129 Å². The largest absolute Gasteiger partial charge is 0.338 e. The van der Waals surface area contributed by atoms with Crippen molar-refractivity contribution in [2.24, 2.45) is 17.8 Å². The molecule has 0 bridgehead atoms. The predicted molar refractivity (Wildman–Crippen MR) is 86.1 cm³/mol. The third kappa shape index (κ3) is 3.44. The number of nitrogens with one attached hydrogen (secondary N) is 1. The quantitative estimate of drug-likeness (QED) is 0.863. The number of nitrogens with zero attached hydrogens (tertiary/aromatic N) is 1. The van der Waals surface area contributed by atoms with Gasteiger partial charge in [-0.15, -0.1) is 0 Å². The van der Waals surface area contributed by atoms with Gasteiger partial charge in [0.05, 0.1) is 0 Å². The summed E-state index contributed by atoms with van der Waals surface area (Å²) in [5.41, 5.74) is 0. The van der Waals surface area contributed by atoms with Crippen LogP contribution in [0, 0.1) is 17.8 Å². The lowest BCUT2D eigenvalue weighted by Crippen LogP contribution is -2.50. The summed E-state index contributed by atoms with van der Waals surface area (Å²) in [6.45, 7) is 5.44. The standard InChI is InChI=1S/C18H32N2O/c1-2-3-5-14-7-9-15(10-8-14)18(21)20-11-4-6-16-12-19-13-17(16)20/h14-17,19H,2-13H2,1H3. The molecule has 3 aliphatic rings. The minimum atomic E-state index is 0.335. The first kappa shape index (κ1) is 15.3. The second-order valence-electron chi connectivity index (χ2n) is 7.52. The number of fused-ring (bicyclic) bond motifs is 1. The molecule has 21 heavy (non-hydrogen) atoms. The van der Waals surface area contributed by atoms with Gasteiger partial charge in [-0.1, -0.05) is 26.2 Å². The van der Waals surface area contributed by atoms with E-state index in [9.17, 15) is 4.79 Å². The van der Waals surface area contributed by atoms with Gasteiger partial charge in [-0.05, 0) is 50.4 Å². The SMILES string of the molecule is CCCCC1CCC(C(=O)N2CCCC3CNCC32)CC1. The Balaban J connectivity index is 1.51. The number of rotatable bonds is 4. The lowest BCUT2D eigenvalue weighted by Gasteiger charge is -2.40. The highest BCUT2D eigenvalue weighted by molar-refractivity contribution is 5.79. The fourth-order valence-electron chi connectivity index (χ4n) is 4.77. The Morgan fingerprint density at radius 1 is 1.14 bits per heavy atom. The van der Waals surface area contributed by atoms with Crippen LogP contribution >= 0.6 is 0 Å². The third-order valence-corrected chi connectivity index (χ3v) is 6.12. The lowest BCUT2D eigenvalue weighted by molar-refractivity contribution is -0.141. The molecule has 3 rings (SSSR count). The van der Waals surface area contributed by atoms with Crippen LogP contribution in [0.25, 0.3) is 0 Å². The van der Waals surface area contributed by atoms with Crippen molar-refractivity contribution < 1.29 is 4.79 Å². The van der Waals surface area contributed by atoms with Crippen LogP contribution in [-0.2, 0) is 4.79 Å². The van der Waals surface area contributed by atoms with Crippen molar-refractivity contribution in [3.63, 3.8) is 0 Å². The average Bonchev–Trinajstić information content (AvgIpc) is 3.01. The fourth-order valence-corrected chi connectivity index (χ4v) is 4.77. The highest BCUT2D eigenvalue weighted by Crippen LogP contribution is 2.35. The molecule has 0 radical (unpaired) electrons. The first-order valence-corrected chi connectivity index (χ1v) is 9.30. The van der Waals surface area contributed by atoms with Crippen LogP contribution < -0.4 is 5.32 Å². The van der Waals surface area contributed by atoms with E-state index in [1.807, 2.05) is 0 Å². The summed E-state index contributed by atoms with van der Waals surface area (Å²) in [5.74, 6) is 2.45. The molecule has 2 atom stereocenters. The van der Waals surface area contributed by atoms with E-state index in [4.69, 9.17) is 0 Å². The van der Waals surface area contributed by atoms with Crippen molar-refractivity contribution in [2.75, 3.05) is 19.6 Å². The van der Waals surface area contributed by atoms with Crippen molar-refractivity contribution in [1.29, 1.82) is 0 Å². The van der Waals surface area contributed by atoms with Gasteiger partial charge in [-0.25, -0.2) is 0 Å². The van der Waals surface area contributed by atoms with Crippen molar-refractivity contribution in [2.45, 2.75) is 70.8 Å². The summed E-state index contributed by atoms with van der Waals surface area (Å²) in [4.78, 5) is 15.2. The van der Waals surface area contributed by atoms with Crippen LogP contribution in [0.3, 0.4) is 0 Å². The number of carbonyl (C=O) groups is 1. The van der Waals surface area contributed by atoms with Crippen LogP contribution in [-0.4, -0.2) is 36.5 Å². The van der Waals surface area contributed by atoms with E-state index < -0.39 is 0 Å². The highest BCUT2D eigenvalue weighted by atomic mass is 16.2. The van der Waals surface area contributed by atoms with E-state index >= 15 is 0 Å². The van der Waals surface area contributed by atoms with Gasteiger partial charge in [0.2, 0.25) is 5.91 Å². The minimum Gasteiger partial charge on any atom is -0.338 e. The van der Waals surface area contributed by atoms with Crippen LogP contribution in [0.4, 0.5) is 0 Å². The smallest absolute Gasteiger partial charge is 0.225 e. The maximum absolute atomic E-state index is 12.9. The predicted octanol–water partition coefficient (Wildman–Crippen LogP) is 3.19. The molecule has 2 heterocycles. The summed E-state index contributed by atoms with van der Waals surface area (Å²) in [6.07, 6.45) is 11.4. The van der Waals surface area contributed by atoms with Crippen LogP contribution in [0.2, 0.25) is 0 Å². The molecule has 0 aromatic heterocycles. The number of amides is 1. The van der Waals surface area contributed by atoms with E-state index in [1.54, 1.807) is 0 Å². The lowest BCUT2D eigenvalue weighted by atomic mass is 9.78. The molecule has 120 valence electrons. The summed E-state index contributed by atoms with van der Waals surface area (Å²) >= 11 is 0. The van der Waals surface area contributed by atoms with Gasteiger partial charge in [-0.3, -0.25) is 4.79 Å². The van der Waals surface area contributed by atoms with Gasteiger partial charge in [0, 0.05) is 31.6 Å². The molecule has 2 unspecified atom stereocenters. The topological polar surface area (TPSA) is 32.3 Å². The second kappa shape index (κ2) is 7.13. The number of unbranched alkanes of at least 4 members (excludes halogenated alkanes) is 1. The monoisotopic (exact) mass is 292 g/mol. The van der Waals surface area contributed by atoms with Gasteiger partial charge in [0.25, 0.3) is 0 Å². The molecular weight excluding hydrogens is 260 g/mol. The molecular formula is C18H32N2O. The minimum absolute atomic E-state index is 0.335. The number of likely N-dealkylation sites (tertiary alicyclic amines) is 1. The van der Waals surface area contributed by atoms with E-state index in [0.29, 0.717) is 17.9 Å². The van der Waals surface area contributed by atoms with Crippen LogP contribution in [0.5, 0.6) is 0 Å². The van der Waals surface area contributed by atoms with Gasteiger partial charge >= 0.3 is 0 Å². The third-order valence-electron chi connectivity index (χ3n) is 6.12. The van der Waals surface area contributed by atoms with Crippen LogP contribution in [0.15, 0.2) is 0 Å². The first-order chi connectivity index (χ1) is 10.3. The van der Waals surface area contributed by atoms with Gasteiger partial charge in [0.1, 0.15) is 0 Å². The van der Waals surface area contributed by atoms with E-state index in [1.165, 1.54) is 44.9 Å². The zero-order valence-corrected chi connectivity index (χ0v) is 13.7. The summed E-state index contributed by atoms with van der Waals surface area (Å²) < 4.78 is 0. The Morgan fingerprint density at radius 2 is 1.95 bits per heavy atom. The Bertz CT molecular complexity index is 349. The average molecular weight is 292 g/mol. The molecule has 3 nitrogen and oxygen atoms in total. The molecule has 1 saturated carbocycles. The molecule has 2 saturated heterocycles. The fraction of sp³-hybridized carbons (Fsp3) is 0.944. The zero-order valence-electron chi connectivity index (χ0n) is 13.7. The van der Waals surface area contributed by atoms with Gasteiger partial charge in [0.15, 0.2) is 0 Å². The zero-order chi connectivity index (χ0) is 14.7. The molecule has 0 aromatic rings. The number of piperidine rings is 1. The summed E-state index contributed by atoms with van der Waals surface area (Å²) in [5, 5.41) is 3.49. The number of carbonyl (C=O) groups excluding carboxylic acids is 1. The molecule has 1 amide bonds. The van der Waals surface area contributed by atoms with E-state index in [2.05, 4.69) is 17.1 Å². The molecule has 2 aliphatic heterocycles. The Kier molecular flexibility index (Phi) is 5.20. The van der Waals surface area contributed by atoms with Gasteiger partial charge < -0.3 is 10.2 Å². The molecule has 0 spiro atoms. The van der Waals surface area contributed by atoms with Gasteiger partial charge in [-0.2, -0.15) is 0 Å². The van der Waals surface area contributed by atoms with E-state index in [0.717, 1.165) is 44.3 Å². The molecule has 0 aromatic carbocycles. The summed E-state index contributed by atoms with van der Waals surface area (Å²) in [6, 6.07) is 0.504. The Hall–Kier alpha value is -0.570. The van der Waals surface area contributed by atoms with Crippen molar-refractivity contribution in [3.05, 3.63) is 0 Å². The maximum Gasteiger partial charge on any atom is 0.225 e. The molecule has 3 heteroatoms. The first-order valence-electron chi connectivity index (χ1n) is 9.30. The van der Waals surface area contributed by atoms with Crippen molar-refractivity contribution in [1.82, 2.24) is 10.2 Å². The molecule has 3 fully saturated rings. The van der Waals surface area contributed by atoms with Crippen LogP contribution in [0.1, 0.15) is 64.7 Å². The van der Waals surface area contributed by atoms with E-state index in [-0.39, 0.29) is 0 Å². The Morgan fingerprint density at radius 3 is 2.71 bits per heavy atom. The maximum atomic E-state index is 12.9.